The van der Waals surface area contributed by atoms with Gasteiger partial charge >= 0.3 is 19.4 Å². The molecule has 202 valence electrons. The fourth-order valence-corrected chi connectivity index (χ4v) is 5.08. The van der Waals surface area contributed by atoms with Gasteiger partial charge < -0.3 is 19.1 Å². The number of aliphatic hydroxyl groups is 1. The molecule has 0 radical (unpaired) electrons. The van der Waals surface area contributed by atoms with Gasteiger partial charge in [0.05, 0.1) is 12.7 Å². The van der Waals surface area contributed by atoms with Crippen molar-refractivity contribution in [3.63, 3.8) is 0 Å². The lowest BCUT2D eigenvalue weighted by atomic mass is 9.93. The molecule has 1 aromatic carbocycles. The quantitative estimate of drug-likeness (QED) is 0.217. The van der Waals surface area contributed by atoms with Crippen LogP contribution in [-0.4, -0.2) is 57.7 Å². The van der Waals surface area contributed by atoms with Crippen LogP contribution in [0.1, 0.15) is 20.8 Å². The Labute approximate surface area is 211 Å². The molecular weight excluding hydrogens is 512 g/mol. The van der Waals surface area contributed by atoms with E-state index in [0.717, 1.165) is 18.3 Å². The standard InChI is InChI=1S/C23H29FN3O9P/c1-5-22(20(30)23(24,14-33-22)27-12-11-18(28)25-21(27)31)13-34-37(32,36-17-9-7-6-8-10-17)26-16(4)19(29)35-15(2)3/h5-12,15-16,20,30H,1,13-14H2,2-4H3,(H,26,32)(H,25,28,31). The number of nitrogens with one attached hydrogen (secondary N) is 2. The number of alkyl halides is 1. The number of aromatic amines is 1. The maximum Gasteiger partial charge on any atom is 0.459 e. The fourth-order valence-electron chi connectivity index (χ4n) is 3.55. The first-order valence-electron chi connectivity index (χ1n) is 11.3. The maximum atomic E-state index is 15.9. The van der Waals surface area contributed by atoms with Crippen LogP contribution in [-0.2, 0) is 29.1 Å². The number of carbonyl (C=O) groups is 1. The second-order valence-electron chi connectivity index (χ2n) is 8.66. The van der Waals surface area contributed by atoms with Crippen LogP contribution in [0.2, 0.25) is 0 Å². The van der Waals surface area contributed by atoms with E-state index in [1.165, 1.54) is 19.1 Å². The van der Waals surface area contributed by atoms with Gasteiger partial charge in [0.15, 0.2) is 0 Å². The van der Waals surface area contributed by atoms with Crippen molar-refractivity contribution in [2.24, 2.45) is 0 Å². The number of esters is 1. The summed E-state index contributed by atoms with van der Waals surface area (Å²) in [5.41, 5.74) is -3.87. The molecule has 2 heterocycles. The summed E-state index contributed by atoms with van der Waals surface area (Å²) in [6.45, 7) is 6.65. The molecule has 0 aliphatic carbocycles. The molecule has 14 heteroatoms. The predicted molar refractivity (Wildman–Crippen MR) is 130 cm³/mol. The fraction of sp³-hybridized carbons (Fsp3) is 0.435. The SMILES string of the molecule is C=CC1(COP(=O)(NC(C)C(=O)OC(C)C)Oc2ccccc2)OCC(F)(n2ccc(=O)[nH]c2=O)C1O. The number of halogens is 1. The van der Waals surface area contributed by atoms with E-state index in [1.54, 1.807) is 32.0 Å². The molecule has 1 aliphatic heterocycles. The van der Waals surface area contributed by atoms with Crippen molar-refractivity contribution in [1.29, 1.82) is 0 Å². The van der Waals surface area contributed by atoms with Gasteiger partial charge in [-0.05, 0) is 32.9 Å². The average molecular weight is 541 g/mol. The number of ether oxygens (including phenoxy) is 2. The van der Waals surface area contributed by atoms with E-state index >= 15 is 4.39 Å². The van der Waals surface area contributed by atoms with Crippen LogP contribution in [0.15, 0.2) is 64.8 Å². The number of aromatic nitrogens is 2. The van der Waals surface area contributed by atoms with Gasteiger partial charge in [0.2, 0.25) is 5.79 Å². The number of nitrogens with zero attached hydrogens (tertiary/aromatic N) is 1. The summed E-state index contributed by atoms with van der Waals surface area (Å²) in [6.07, 6.45) is -0.610. The molecule has 1 fully saturated rings. The smallest absolute Gasteiger partial charge is 0.459 e. The summed E-state index contributed by atoms with van der Waals surface area (Å²) in [6, 6.07) is 7.68. The van der Waals surface area contributed by atoms with Crippen molar-refractivity contribution < 1.29 is 37.4 Å². The molecule has 0 bridgehead atoms. The van der Waals surface area contributed by atoms with Gasteiger partial charge in [0.1, 0.15) is 30.1 Å². The van der Waals surface area contributed by atoms with Crippen LogP contribution < -0.4 is 20.9 Å². The maximum absolute atomic E-state index is 15.9. The van der Waals surface area contributed by atoms with E-state index in [9.17, 15) is 24.1 Å². The molecule has 1 aromatic heterocycles. The normalized spacial score (nSPS) is 25.8. The molecule has 37 heavy (non-hydrogen) atoms. The number of aliphatic hydroxyl groups excluding tert-OH is 1. The highest BCUT2D eigenvalue weighted by atomic mass is 31.2. The van der Waals surface area contributed by atoms with E-state index in [4.69, 9.17) is 18.5 Å². The number of benzene rings is 1. The van der Waals surface area contributed by atoms with E-state index in [-0.39, 0.29) is 5.75 Å². The lowest BCUT2D eigenvalue weighted by Crippen LogP contribution is -2.53. The van der Waals surface area contributed by atoms with Crippen LogP contribution in [0.3, 0.4) is 0 Å². The number of hydrogen-bond acceptors (Lipinski definition) is 9. The first-order chi connectivity index (χ1) is 17.3. The molecule has 12 nitrogen and oxygen atoms in total. The van der Waals surface area contributed by atoms with Crippen LogP contribution in [0.25, 0.3) is 0 Å². The minimum absolute atomic E-state index is 0.128. The molecule has 2 aromatic rings. The number of hydrogen-bond donors (Lipinski definition) is 3. The summed E-state index contributed by atoms with van der Waals surface area (Å²) < 4.78 is 51.8. The van der Waals surface area contributed by atoms with Gasteiger partial charge in [-0.2, -0.15) is 5.09 Å². The van der Waals surface area contributed by atoms with Gasteiger partial charge in [-0.1, -0.05) is 24.3 Å². The van der Waals surface area contributed by atoms with Gasteiger partial charge in [-0.3, -0.25) is 23.7 Å². The Bertz CT molecular complexity index is 1280. The topological polar surface area (TPSA) is 158 Å². The minimum atomic E-state index is -4.39. The van der Waals surface area contributed by atoms with Crippen molar-refractivity contribution in [2.75, 3.05) is 13.2 Å². The van der Waals surface area contributed by atoms with Gasteiger partial charge in [0, 0.05) is 12.3 Å². The van der Waals surface area contributed by atoms with E-state index in [0.29, 0.717) is 4.57 Å². The molecule has 3 N–H and O–H groups in total. The highest BCUT2D eigenvalue weighted by Gasteiger charge is 2.60. The Kier molecular flexibility index (Phi) is 8.56. The van der Waals surface area contributed by atoms with Gasteiger partial charge in [-0.15, -0.1) is 6.58 Å². The predicted octanol–water partition coefficient (Wildman–Crippen LogP) is 1.61. The lowest BCUT2D eigenvalue weighted by Gasteiger charge is -2.33. The number of para-hydroxylation sites is 1. The zero-order chi connectivity index (χ0) is 27.4. The number of H-pyrrole nitrogens is 1. The number of carbonyl (C=O) groups excluding carboxylic acids is 1. The second kappa shape index (κ2) is 11.1. The van der Waals surface area contributed by atoms with Crippen molar-refractivity contribution in [1.82, 2.24) is 14.6 Å². The van der Waals surface area contributed by atoms with Crippen molar-refractivity contribution >= 4 is 13.7 Å². The van der Waals surface area contributed by atoms with Crippen molar-refractivity contribution in [2.45, 2.75) is 50.4 Å². The molecular formula is C23H29FN3O9P. The third-order valence-corrected chi connectivity index (χ3v) is 7.10. The molecule has 1 aliphatic rings. The summed E-state index contributed by atoms with van der Waals surface area (Å²) in [7, 11) is -4.39. The Balaban J connectivity index is 1.87. The molecule has 3 rings (SSSR count). The highest BCUT2D eigenvalue weighted by Crippen LogP contribution is 2.48. The zero-order valence-electron chi connectivity index (χ0n) is 20.5. The van der Waals surface area contributed by atoms with Crippen LogP contribution in [0.4, 0.5) is 4.39 Å². The van der Waals surface area contributed by atoms with E-state index < -0.39 is 67.8 Å². The summed E-state index contributed by atoms with van der Waals surface area (Å²) in [5, 5.41) is 13.4. The first-order valence-corrected chi connectivity index (χ1v) is 12.8. The molecule has 0 spiro atoms. The van der Waals surface area contributed by atoms with E-state index in [2.05, 4.69) is 11.7 Å². The second-order valence-corrected chi connectivity index (χ2v) is 10.4. The summed E-state index contributed by atoms with van der Waals surface area (Å²) in [4.78, 5) is 37.8. The summed E-state index contributed by atoms with van der Waals surface area (Å²) >= 11 is 0. The minimum Gasteiger partial charge on any atom is -0.462 e. The molecule has 5 unspecified atom stereocenters. The Morgan fingerprint density at radius 3 is 2.62 bits per heavy atom. The number of rotatable bonds is 11. The molecule has 0 amide bonds. The van der Waals surface area contributed by atoms with Crippen molar-refractivity contribution in [3.8, 4) is 5.75 Å². The van der Waals surface area contributed by atoms with Gasteiger partial charge in [0.25, 0.3) is 5.56 Å². The third kappa shape index (κ3) is 6.25. The van der Waals surface area contributed by atoms with Gasteiger partial charge in [-0.25, -0.2) is 13.8 Å². The van der Waals surface area contributed by atoms with E-state index in [1.807, 2.05) is 4.98 Å². The average Bonchev–Trinajstić information content (AvgIpc) is 3.09. The first kappa shape index (κ1) is 28.5. The summed E-state index contributed by atoms with van der Waals surface area (Å²) in [5.74, 6) is -3.43. The monoisotopic (exact) mass is 541 g/mol. The third-order valence-electron chi connectivity index (χ3n) is 5.48. The Hall–Kier alpha value is -3.09. The largest absolute Gasteiger partial charge is 0.462 e. The Morgan fingerprint density at radius 1 is 1.35 bits per heavy atom. The molecule has 0 saturated carbocycles. The van der Waals surface area contributed by atoms with Crippen LogP contribution in [0, 0.1) is 0 Å². The van der Waals surface area contributed by atoms with Crippen LogP contribution >= 0.6 is 7.75 Å². The van der Waals surface area contributed by atoms with Crippen molar-refractivity contribution in [3.05, 3.63) is 76.1 Å². The molecule has 5 atom stereocenters. The molecule has 1 saturated heterocycles. The highest BCUT2D eigenvalue weighted by molar-refractivity contribution is 7.52. The lowest BCUT2D eigenvalue weighted by molar-refractivity contribution is -0.149. The zero-order valence-corrected chi connectivity index (χ0v) is 21.4. The van der Waals surface area contributed by atoms with Crippen LogP contribution in [0.5, 0.6) is 5.75 Å². The Morgan fingerprint density at radius 2 is 2.03 bits per heavy atom.